The normalized spacial score (nSPS) is 10.7. The number of carbonyl (C=O) groups excluding carboxylic acids is 1. The highest BCUT2D eigenvalue weighted by molar-refractivity contribution is 6.33. The quantitative estimate of drug-likeness (QED) is 0.595. The molecular weight excluding hydrogens is 420 g/mol. The standard InChI is InChI=1S/C19H16ClF2N5O3/c1-26(2)16-13(21)7-11(15(22)25-16)14-8-23-17(27(14)3)18(28)24-9-4-5-10(19(29)30)12(20)6-9/h4-8H,1-3H3,(H,24,28)(H,29,30). The molecule has 0 atom stereocenters. The number of nitrogens with zero attached hydrogens (tertiary/aromatic N) is 4. The second kappa shape index (κ2) is 8.07. The Kier molecular flexibility index (Phi) is 5.70. The lowest BCUT2D eigenvalue weighted by Crippen LogP contribution is -2.17. The molecule has 0 fully saturated rings. The van der Waals surface area contributed by atoms with Crippen LogP contribution in [0.5, 0.6) is 0 Å². The molecule has 2 aromatic heterocycles. The van der Waals surface area contributed by atoms with Gasteiger partial charge in [-0.05, 0) is 24.3 Å². The summed E-state index contributed by atoms with van der Waals surface area (Å²) in [7, 11) is 4.54. The van der Waals surface area contributed by atoms with Crippen LogP contribution in [0.1, 0.15) is 21.0 Å². The molecule has 0 unspecified atom stereocenters. The number of hydrogen-bond donors (Lipinski definition) is 2. The van der Waals surface area contributed by atoms with Gasteiger partial charge in [-0.3, -0.25) is 4.79 Å². The predicted octanol–water partition coefficient (Wildman–Crippen LogP) is 3.43. The van der Waals surface area contributed by atoms with Crippen LogP contribution < -0.4 is 10.2 Å². The van der Waals surface area contributed by atoms with Crippen LogP contribution in [0, 0.1) is 11.8 Å². The molecule has 1 amide bonds. The van der Waals surface area contributed by atoms with Crippen LogP contribution in [0.3, 0.4) is 0 Å². The maximum Gasteiger partial charge on any atom is 0.337 e. The van der Waals surface area contributed by atoms with Crippen LogP contribution >= 0.6 is 11.6 Å². The SMILES string of the molecule is CN(C)c1nc(F)c(-c2cnc(C(=O)Nc3ccc(C(=O)O)c(Cl)c3)n2C)cc1F. The number of anilines is 2. The summed E-state index contributed by atoms with van der Waals surface area (Å²) in [5, 5.41) is 11.5. The zero-order valence-electron chi connectivity index (χ0n) is 16.1. The Morgan fingerprint density at radius 1 is 1.23 bits per heavy atom. The van der Waals surface area contributed by atoms with Gasteiger partial charge < -0.3 is 19.9 Å². The fraction of sp³-hybridized carbons (Fsp3) is 0.158. The second-order valence-electron chi connectivity index (χ2n) is 6.51. The molecule has 3 rings (SSSR count). The summed E-state index contributed by atoms with van der Waals surface area (Å²) in [6, 6.07) is 4.89. The summed E-state index contributed by atoms with van der Waals surface area (Å²) in [5.41, 5.74) is 0.128. The molecule has 11 heteroatoms. The highest BCUT2D eigenvalue weighted by Gasteiger charge is 2.21. The Hall–Kier alpha value is -3.53. The highest BCUT2D eigenvalue weighted by Crippen LogP contribution is 2.27. The fourth-order valence-electron chi connectivity index (χ4n) is 2.77. The Bertz CT molecular complexity index is 1160. The number of carboxylic acid groups (broad SMARTS) is 1. The number of aromatic carboxylic acids is 1. The van der Waals surface area contributed by atoms with Crippen LogP contribution in [0.15, 0.2) is 30.5 Å². The van der Waals surface area contributed by atoms with Gasteiger partial charge in [0.25, 0.3) is 5.91 Å². The maximum absolute atomic E-state index is 14.5. The fourth-order valence-corrected chi connectivity index (χ4v) is 3.04. The Morgan fingerprint density at radius 2 is 1.93 bits per heavy atom. The number of aromatic nitrogens is 3. The highest BCUT2D eigenvalue weighted by atomic mass is 35.5. The van der Waals surface area contributed by atoms with Gasteiger partial charge in [0.05, 0.1) is 28.0 Å². The number of imidazole rings is 1. The van der Waals surface area contributed by atoms with E-state index < -0.39 is 23.6 Å². The minimum atomic E-state index is -1.20. The monoisotopic (exact) mass is 435 g/mol. The van der Waals surface area contributed by atoms with E-state index in [1.54, 1.807) is 0 Å². The maximum atomic E-state index is 14.5. The number of hydrogen-bond acceptors (Lipinski definition) is 5. The van der Waals surface area contributed by atoms with E-state index in [0.717, 1.165) is 6.07 Å². The van der Waals surface area contributed by atoms with Crippen molar-refractivity contribution >= 4 is 35.0 Å². The lowest BCUT2D eigenvalue weighted by Gasteiger charge is -2.14. The third-order valence-corrected chi connectivity index (χ3v) is 4.57. The molecule has 2 N–H and O–H groups in total. The zero-order chi connectivity index (χ0) is 22.2. The molecular formula is C19H16ClF2N5O3. The predicted molar refractivity (Wildman–Crippen MR) is 107 cm³/mol. The van der Waals surface area contributed by atoms with Gasteiger partial charge in [0, 0.05) is 26.8 Å². The molecule has 0 saturated carbocycles. The first-order valence-corrected chi connectivity index (χ1v) is 8.87. The molecule has 0 radical (unpaired) electrons. The average Bonchev–Trinajstić information content (AvgIpc) is 3.04. The molecule has 0 aliphatic rings. The number of rotatable bonds is 5. The van der Waals surface area contributed by atoms with Gasteiger partial charge in [-0.2, -0.15) is 9.37 Å². The van der Waals surface area contributed by atoms with Crippen molar-refractivity contribution in [3.63, 3.8) is 0 Å². The second-order valence-corrected chi connectivity index (χ2v) is 6.91. The third kappa shape index (κ3) is 3.94. The van der Waals surface area contributed by atoms with Gasteiger partial charge in [0.2, 0.25) is 5.95 Å². The van der Waals surface area contributed by atoms with Crippen molar-refractivity contribution in [3.05, 3.63) is 58.6 Å². The number of carbonyl (C=O) groups is 2. The Morgan fingerprint density at radius 3 is 2.53 bits per heavy atom. The minimum Gasteiger partial charge on any atom is -0.478 e. The number of nitrogens with one attached hydrogen (secondary N) is 1. The molecule has 0 saturated heterocycles. The molecule has 30 heavy (non-hydrogen) atoms. The van der Waals surface area contributed by atoms with Crippen molar-refractivity contribution in [3.8, 4) is 11.3 Å². The van der Waals surface area contributed by atoms with E-state index >= 15 is 0 Å². The summed E-state index contributed by atoms with van der Waals surface area (Å²) < 4.78 is 30.0. The summed E-state index contributed by atoms with van der Waals surface area (Å²) >= 11 is 5.90. The summed E-state index contributed by atoms with van der Waals surface area (Å²) in [4.78, 5) is 32.5. The Balaban J connectivity index is 1.90. The van der Waals surface area contributed by atoms with Crippen LogP contribution in [0.4, 0.5) is 20.3 Å². The van der Waals surface area contributed by atoms with Crippen LogP contribution in [-0.2, 0) is 7.05 Å². The number of halogens is 3. The molecule has 2 heterocycles. The lowest BCUT2D eigenvalue weighted by molar-refractivity contribution is 0.0697. The summed E-state index contributed by atoms with van der Waals surface area (Å²) in [5.74, 6) is -3.72. The number of amides is 1. The van der Waals surface area contributed by atoms with Crippen molar-refractivity contribution in [2.75, 3.05) is 24.3 Å². The zero-order valence-corrected chi connectivity index (χ0v) is 16.8. The molecule has 156 valence electrons. The van der Waals surface area contributed by atoms with E-state index in [9.17, 15) is 18.4 Å². The van der Waals surface area contributed by atoms with Crippen molar-refractivity contribution in [1.82, 2.24) is 14.5 Å². The first kappa shape index (κ1) is 21.2. The van der Waals surface area contributed by atoms with E-state index in [0.29, 0.717) is 0 Å². The van der Waals surface area contributed by atoms with Crippen molar-refractivity contribution in [2.24, 2.45) is 7.05 Å². The number of pyridine rings is 1. The van der Waals surface area contributed by atoms with Gasteiger partial charge in [0.15, 0.2) is 17.5 Å². The van der Waals surface area contributed by atoms with E-state index in [1.165, 1.54) is 55.0 Å². The molecule has 8 nitrogen and oxygen atoms in total. The van der Waals surface area contributed by atoms with Gasteiger partial charge in [-0.15, -0.1) is 0 Å². The number of carboxylic acids is 1. The van der Waals surface area contributed by atoms with Crippen LogP contribution in [0.25, 0.3) is 11.3 Å². The van der Waals surface area contributed by atoms with Crippen molar-refractivity contribution < 1.29 is 23.5 Å². The smallest absolute Gasteiger partial charge is 0.337 e. The van der Waals surface area contributed by atoms with Crippen LogP contribution in [-0.4, -0.2) is 45.6 Å². The minimum absolute atomic E-state index is 0.0505. The topological polar surface area (TPSA) is 100 Å². The van der Waals surface area contributed by atoms with Gasteiger partial charge in [-0.1, -0.05) is 11.6 Å². The molecule has 0 aliphatic heterocycles. The first-order valence-electron chi connectivity index (χ1n) is 8.49. The molecule has 0 aliphatic carbocycles. The summed E-state index contributed by atoms with van der Waals surface area (Å²) in [6.45, 7) is 0. The van der Waals surface area contributed by atoms with E-state index in [1.807, 2.05) is 0 Å². The first-order chi connectivity index (χ1) is 14.1. The summed E-state index contributed by atoms with van der Waals surface area (Å²) in [6.07, 6.45) is 1.23. The van der Waals surface area contributed by atoms with E-state index in [2.05, 4.69) is 15.3 Å². The Labute approximate surface area is 174 Å². The van der Waals surface area contributed by atoms with Gasteiger partial charge >= 0.3 is 5.97 Å². The van der Waals surface area contributed by atoms with Crippen molar-refractivity contribution in [1.29, 1.82) is 0 Å². The van der Waals surface area contributed by atoms with Gasteiger partial charge in [-0.25, -0.2) is 14.2 Å². The molecule has 1 aromatic carbocycles. The van der Waals surface area contributed by atoms with Gasteiger partial charge in [0.1, 0.15) is 0 Å². The third-order valence-electron chi connectivity index (χ3n) is 4.26. The van der Waals surface area contributed by atoms with Crippen molar-refractivity contribution in [2.45, 2.75) is 0 Å². The van der Waals surface area contributed by atoms with Crippen LogP contribution in [0.2, 0.25) is 5.02 Å². The average molecular weight is 436 g/mol. The molecule has 0 bridgehead atoms. The largest absolute Gasteiger partial charge is 0.478 e. The van der Waals surface area contributed by atoms with E-state index in [4.69, 9.17) is 16.7 Å². The number of benzene rings is 1. The molecule has 3 aromatic rings. The molecule has 0 spiro atoms. The lowest BCUT2D eigenvalue weighted by atomic mass is 10.2. The van der Waals surface area contributed by atoms with E-state index in [-0.39, 0.29) is 39.2 Å².